The van der Waals surface area contributed by atoms with Gasteiger partial charge in [-0.05, 0) is 35.4 Å². The van der Waals surface area contributed by atoms with Crippen LogP contribution in [0, 0.1) is 0 Å². The highest BCUT2D eigenvalue weighted by molar-refractivity contribution is 6.33. The predicted molar refractivity (Wildman–Crippen MR) is 153 cm³/mol. The average Bonchev–Trinajstić information content (AvgIpc) is 3.62. The Labute approximate surface area is 249 Å². The second kappa shape index (κ2) is 11.7. The average molecular weight is 599 g/mol. The van der Waals surface area contributed by atoms with Crippen LogP contribution in [0.25, 0.3) is 11.1 Å². The zero-order chi connectivity index (χ0) is 30.1. The molecule has 216 valence electrons. The number of halogens is 1. The van der Waals surface area contributed by atoms with Crippen LogP contribution in [-0.4, -0.2) is 50.8 Å². The van der Waals surface area contributed by atoms with E-state index in [0.717, 1.165) is 0 Å². The van der Waals surface area contributed by atoms with Crippen molar-refractivity contribution in [1.82, 2.24) is 9.97 Å². The molecule has 11 heteroatoms. The van der Waals surface area contributed by atoms with Gasteiger partial charge >= 0.3 is 17.9 Å². The number of aromatic carboxylic acids is 2. The van der Waals surface area contributed by atoms with Crippen molar-refractivity contribution in [3.05, 3.63) is 130 Å². The van der Waals surface area contributed by atoms with Gasteiger partial charge in [0.2, 0.25) is 0 Å². The Morgan fingerprint density at radius 1 is 0.791 bits per heavy atom. The van der Waals surface area contributed by atoms with Crippen LogP contribution in [0.2, 0.25) is 5.15 Å². The number of hydrogen-bond acceptors (Lipinski definition) is 8. The monoisotopic (exact) mass is 598 g/mol. The first-order valence-electron chi connectivity index (χ1n) is 13.2. The molecule has 2 aromatic heterocycles. The van der Waals surface area contributed by atoms with Crippen LogP contribution < -0.4 is 0 Å². The molecule has 0 aliphatic carbocycles. The first kappa shape index (κ1) is 28.1. The molecule has 0 spiro atoms. The van der Waals surface area contributed by atoms with E-state index in [9.17, 15) is 24.6 Å². The van der Waals surface area contributed by atoms with Gasteiger partial charge < -0.3 is 24.1 Å². The fraction of sp³-hybridized carbons (Fsp3) is 0.156. The van der Waals surface area contributed by atoms with Crippen molar-refractivity contribution in [2.24, 2.45) is 0 Å². The third kappa shape index (κ3) is 5.22. The number of hydrogen-bond donors (Lipinski definition) is 2. The third-order valence-electron chi connectivity index (χ3n) is 7.57. The summed E-state index contributed by atoms with van der Waals surface area (Å²) in [7, 11) is 0. The molecule has 2 N–H and O–H groups in total. The summed E-state index contributed by atoms with van der Waals surface area (Å²) in [5.41, 5.74) is 2.18. The molecular formula is C32H23ClN2O8. The van der Waals surface area contributed by atoms with E-state index in [1.807, 2.05) is 0 Å². The number of fused-ring (bicyclic) bond motifs is 1. The second-order valence-electron chi connectivity index (χ2n) is 9.93. The van der Waals surface area contributed by atoms with Crippen LogP contribution in [0.15, 0.2) is 95.9 Å². The Morgan fingerprint density at radius 2 is 1.40 bits per heavy atom. The van der Waals surface area contributed by atoms with E-state index in [2.05, 4.69) is 9.97 Å². The van der Waals surface area contributed by atoms with Crippen molar-refractivity contribution >= 4 is 40.6 Å². The number of nitrogens with zero attached hydrogens (tertiary/aromatic N) is 2. The number of aromatic nitrogens is 2. The van der Waals surface area contributed by atoms with Crippen LogP contribution >= 0.6 is 11.6 Å². The molecule has 3 aromatic carbocycles. The number of carbonyl (C=O) groups is 3. The highest BCUT2D eigenvalue weighted by Crippen LogP contribution is 2.55. The van der Waals surface area contributed by atoms with E-state index < -0.39 is 42.0 Å². The second-order valence-corrected chi connectivity index (χ2v) is 10.3. The summed E-state index contributed by atoms with van der Waals surface area (Å²) in [6.45, 7) is -0.250. The Balaban J connectivity index is 1.53. The lowest BCUT2D eigenvalue weighted by molar-refractivity contribution is -0.0126. The van der Waals surface area contributed by atoms with Crippen LogP contribution in [0.5, 0.6) is 0 Å². The van der Waals surface area contributed by atoms with Gasteiger partial charge in [-0.15, -0.1) is 0 Å². The molecule has 1 saturated heterocycles. The van der Waals surface area contributed by atoms with Crippen molar-refractivity contribution in [1.29, 1.82) is 0 Å². The lowest BCUT2D eigenvalue weighted by Gasteiger charge is -2.27. The lowest BCUT2D eigenvalue weighted by Crippen LogP contribution is -2.27. The fourth-order valence-electron chi connectivity index (χ4n) is 5.76. The first-order chi connectivity index (χ1) is 20.8. The van der Waals surface area contributed by atoms with E-state index in [4.69, 9.17) is 25.5 Å². The van der Waals surface area contributed by atoms with Gasteiger partial charge in [0.15, 0.2) is 10.7 Å². The molecule has 4 unspecified atom stereocenters. The number of esters is 1. The number of carboxylic acid groups (broad SMARTS) is 2. The molecular weight excluding hydrogens is 576 g/mol. The standard InChI is InChI=1S/C32H23ClN2O8/c33-29-28-26(34-16-35-29)22(14-41-28)27-25(19-11-5-7-13-21(19)31(38)39)24(18-10-4-6-12-20(18)30(36)37)23(43-27)15-42-32(40)17-8-2-1-3-9-17/h1-14,16,23-25,27H,15H2,(H,36,37)(H,38,39). The molecule has 6 rings (SSSR count). The van der Waals surface area contributed by atoms with E-state index in [1.54, 1.807) is 66.7 Å². The summed E-state index contributed by atoms with van der Waals surface area (Å²) in [4.78, 5) is 46.1. The van der Waals surface area contributed by atoms with Gasteiger partial charge in [-0.25, -0.2) is 24.4 Å². The van der Waals surface area contributed by atoms with Crippen molar-refractivity contribution < 1.29 is 38.5 Å². The van der Waals surface area contributed by atoms with Gasteiger partial charge in [0.1, 0.15) is 24.6 Å². The highest BCUT2D eigenvalue weighted by atomic mass is 35.5. The largest absolute Gasteiger partial charge is 0.478 e. The van der Waals surface area contributed by atoms with Gasteiger partial charge in [0.05, 0.1) is 29.1 Å². The molecule has 1 aliphatic rings. The molecule has 1 fully saturated rings. The van der Waals surface area contributed by atoms with E-state index in [0.29, 0.717) is 27.8 Å². The summed E-state index contributed by atoms with van der Waals surface area (Å²) < 4.78 is 18.0. The van der Waals surface area contributed by atoms with Crippen molar-refractivity contribution in [2.75, 3.05) is 6.61 Å². The maximum absolute atomic E-state index is 12.9. The number of carboxylic acids is 2. The summed E-state index contributed by atoms with van der Waals surface area (Å²) in [6, 6.07) is 21.3. The van der Waals surface area contributed by atoms with Crippen LogP contribution in [0.4, 0.5) is 0 Å². The van der Waals surface area contributed by atoms with E-state index in [-0.39, 0.29) is 28.5 Å². The molecule has 10 nitrogen and oxygen atoms in total. The Morgan fingerprint density at radius 3 is 2.05 bits per heavy atom. The van der Waals surface area contributed by atoms with Crippen LogP contribution in [0.3, 0.4) is 0 Å². The predicted octanol–water partition coefficient (Wildman–Crippen LogP) is 6.14. The summed E-state index contributed by atoms with van der Waals surface area (Å²) in [5.74, 6) is -4.47. The number of ether oxygens (including phenoxy) is 2. The SMILES string of the molecule is O=C(OCC1OC(c2coc3c(Cl)ncnc23)C(c2ccccc2C(=O)O)C1c1ccccc1C(=O)O)c1ccccc1. The first-order valence-corrected chi connectivity index (χ1v) is 13.6. The zero-order valence-corrected chi connectivity index (χ0v) is 23.0. The number of carbonyl (C=O) groups excluding carboxylic acids is 1. The van der Waals surface area contributed by atoms with E-state index >= 15 is 0 Å². The van der Waals surface area contributed by atoms with Crippen molar-refractivity contribution in [3.63, 3.8) is 0 Å². The normalized spacial score (nSPS) is 19.7. The van der Waals surface area contributed by atoms with Gasteiger partial charge in [-0.3, -0.25) is 0 Å². The fourth-order valence-corrected chi connectivity index (χ4v) is 5.94. The Bertz CT molecular complexity index is 1840. The Hall–Kier alpha value is -5.06. The maximum atomic E-state index is 12.9. The molecule has 0 radical (unpaired) electrons. The van der Waals surface area contributed by atoms with Crippen molar-refractivity contribution in [3.8, 4) is 0 Å². The molecule has 1 aliphatic heterocycles. The van der Waals surface area contributed by atoms with Gasteiger partial charge in [-0.1, -0.05) is 66.2 Å². The van der Waals surface area contributed by atoms with E-state index in [1.165, 1.54) is 24.7 Å². The minimum absolute atomic E-state index is 0.0105. The summed E-state index contributed by atoms with van der Waals surface area (Å²) in [6.07, 6.45) is 0.896. The molecule has 0 saturated carbocycles. The van der Waals surface area contributed by atoms with Crippen molar-refractivity contribution in [2.45, 2.75) is 24.0 Å². The molecule has 3 heterocycles. The maximum Gasteiger partial charge on any atom is 0.338 e. The summed E-state index contributed by atoms with van der Waals surface area (Å²) in [5, 5.41) is 20.4. The molecule has 0 bridgehead atoms. The molecule has 0 amide bonds. The molecule has 4 atom stereocenters. The highest BCUT2D eigenvalue weighted by Gasteiger charge is 2.50. The topological polar surface area (TPSA) is 149 Å². The number of furan rings is 1. The minimum atomic E-state index is -1.17. The number of benzene rings is 3. The van der Waals surface area contributed by atoms with Gasteiger partial charge in [0, 0.05) is 17.4 Å². The summed E-state index contributed by atoms with van der Waals surface area (Å²) >= 11 is 6.26. The Kier molecular flexibility index (Phi) is 7.62. The van der Waals surface area contributed by atoms with Crippen LogP contribution in [0.1, 0.15) is 65.7 Å². The molecule has 43 heavy (non-hydrogen) atoms. The molecule has 5 aromatic rings. The minimum Gasteiger partial charge on any atom is -0.478 e. The number of rotatable bonds is 8. The zero-order valence-electron chi connectivity index (χ0n) is 22.3. The lowest BCUT2D eigenvalue weighted by atomic mass is 9.74. The van der Waals surface area contributed by atoms with Crippen LogP contribution in [-0.2, 0) is 9.47 Å². The third-order valence-corrected chi connectivity index (χ3v) is 7.84. The quantitative estimate of drug-likeness (QED) is 0.157. The van der Waals surface area contributed by atoms with Gasteiger partial charge in [0.25, 0.3) is 0 Å². The van der Waals surface area contributed by atoms with Gasteiger partial charge in [-0.2, -0.15) is 0 Å². The smallest absolute Gasteiger partial charge is 0.338 e.